The van der Waals surface area contributed by atoms with Gasteiger partial charge in [0.2, 0.25) is 0 Å². The summed E-state index contributed by atoms with van der Waals surface area (Å²) in [5.74, 6) is 1.16. The number of hydrogen-bond donors (Lipinski definition) is 0. The number of fused-ring (bicyclic) bond motifs is 7. The molecule has 3 nitrogen and oxygen atoms in total. The van der Waals surface area contributed by atoms with Gasteiger partial charge in [-0.15, -0.1) is 0 Å². The average Bonchev–Trinajstić information content (AvgIpc) is 3.66. The smallest absolute Gasteiger partial charge is 0.297 e. The van der Waals surface area contributed by atoms with Crippen LogP contribution in [0.2, 0.25) is 0 Å². The van der Waals surface area contributed by atoms with Crippen LogP contribution >= 0.6 is 0 Å². The fraction of sp³-hybridized carbons (Fsp3) is 0.452. The van der Waals surface area contributed by atoms with E-state index in [-0.39, 0.29) is 44.6 Å². The van der Waals surface area contributed by atoms with Gasteiger partial charge in [0.05, 0.1) is 17.0 Å². The third kappa shape index (κ3) is 6.88. The summed E-state index contributed by atoms with van der Waals surface area (Å²) in [4.78, 5) is 5.34. The van der Waals surface area contributed by atoms with Crippen LogP contribution in [0.5, 0.6) is 0 Å². The molecule has 3 heterocycles. The molecule has 6 aromatic rings. The quantitative estimate of drug-likeness (QED) is 0.165. The summed E-state index contributed by atoms with van der Waals surface area (Å²) in [5, 5.41) is 0. The van der Waals surface area contributed by atoms with Crippen molar-refractivity contribution in [3.63, 3.8) is 0 Å². The molecular formula is C62H75BN2O. The first-order chi connectivity index (χ1) is 30.6. The monoisotopic (exact) mass is 875 g/mol. The molecule has 0 saturated heterocycles. The molecule has 342 valence electrons. The number of furan rings is 1. The first-order valence-corrected chi connectivity index (χ1v) is 25.1. The Balaban J connectivity index is 1.40. The van der Waals surface area contributed by atoms with Crippen molar-refractivity contribution >= 4 is 57.4 Å². The van der Waals surface area contributed by atoms with Crippen molar-refractivity contribution in [2.75, 3.05) is 9.80 Å². The standard InChI is InChI=1S/C62H75BN2O/c1-56(2,3)39-23-26-42(27-24-39)64-48-37-45-44(59(10,11)29-30-60(45,12)13)36-46(48)63-52-49(64)34-41(58(7,8)9)35-50(52)65(53-51-54(66-55(53)63)62(16,17)32-31-61(51,14)15)47-28-25-40(57(4,5)6)33-43(47)38-21-19-18-20-22-38/h18-28,33-37H,29-32H2,1-17H3. The highest BCUT2D eigenvalue weighted by molar-refractivity contribution is 6.99. The van der Waals surface area contributed by atoms with Gasteiger partial charge >= 0.3 is 0 Å². The van der Waals surface area contributed by atoms with Gasteiger partial charge in [0, 0.05) is 39.3 Å². The van der Waals surface area contributed by atoms with Gasteiger partial charge in [-0.1, -0.05) is 172 Å². The number of benzene rings is 5. The number of hydrogen-bond acceptors (Lipinski definition) is 3. The van der Waals surface area contributed by atoms with Gasteiger partial charge in [0.15, 0.2) is 0 Å². The van der Waals surface area contributed by atoms with E-state index in [4.69, 9.17) is 4.42 Å². The second-order valence-electron chi connectivity index (χ2n) is 26.4. The van der Waals surface area contributed by atoms with Gasteiger partial charge < -0.3 is 14.2 Å². The highest BCUT2D eigenvalue weighted by Gasteiger charge is 2.53. The van der Waals surface area contributed by atoms with Gasteiger partial charge in [-0.3, -0.25) is 0 Å². The SMILES string of the molecule is CC(C)(C)c1ccc(N2c3cc4c(cc3B3c5oc6c(c5N(c5ccc(C(C)(C)C)cc5-c5ccccc5)c5cc(C(C)(C)C)cc2c53)C(C)(C)CCC6(C)C)C(C)(C)CCC4(C)C)cc1. The molecule has 0 atom stereocenters. The maximum atomic E-state index is 7.83. The second kappa shape index (κ2) is 14.3. The Kier molecular flexibility index (Phi) is 9.71. The van der Waals surface area contributed by atoms with Crippen LogP contribution in [0.15, 0.2) is 101 Å². The Labute approximate surface area is 398 Å². The van der Waals surface area contributed by atoms with Crippen LogP contribution < -0.4 is 26.4 Å². The van der Waals surface area contributed by atoms with E-state index < -0.39 is 0 Å². The molecule has 0 saturated carbocycles. The molecule has 2 aliphatic heterocycles. The Bertz CT molecular complexity index is 2920. The van der Waals surface area contributed by atoms with Gasteiger partial charge in [-0.05, 0) is 145 Å². The van der Waals surface area contributed by atoms with E-state index in [0.717, 1.165) is 37.1 Å². The number of rotatable bonds is 3. The van der Waals surface area contributed by atoms with E-state index in [1.807, 2.05) is 0 Å². The van der Waals surface area contributed by atoms with Crippen molar-refractivity contribution in [3.05, 3.63) is 136 Å². The zero-order valence-corrected chi connectivity index (χ0v) is 43.4. The Morgan fingerprint density at radius 3 is 1.61 bits per heavy atom. The van der Waals surface area contributed by atoms with Crippen LogP contribution in [-0.4, -0.2) is 6.71 Å². The molecule has 2 aliphatic carbocycles. The highest BCUT2D eigenvalue weighted by atomic mass is 16.3. The summed E-state index contributed by atoms with van der Waals surface area (Å²) in [7, 11) is 0. The van der Waals surface area contributed by atoms with Crippen molar-refractivity contribution in [2.45, 2.75) is 181 Å². The molecule has 4 aliphatic rings. The predicted octanol–water partition coefficient (Wildman–Crippen LogP) is 15.6. The topological polar surface area (TPSA) is 19.6 Å². The first kappa shape index (κ1) is 44.9. The fourth-order valence-corrected chi connectivity index (χ4v) is 12.0. The van der Waals surface area contributed by atoms with Crippen LogP contribution in [0.3, 0.4) is 0 Å². The summed E-state index contributed by atoms with van der Waals surface area (Å²) < 4.78 is 7.83. The highest BCUT2D eigenvalue weighted by Crippen LogP contribution is 2.57. The van der Waals surface area contributed by atoms with E-state index in [0.29, 0.717) is 0 Å². The first-order valence-electron chi connectivity index (χ1n) is 25.1. The lowest BCUT2D eigenvalue weighted by molar-refractivity contribution is 0.282. The van der Waals surface area contributed by atoms with Gasteiger partial charge in [-0.25, -0.2) is 0 Å². The number of anilines is 6. The molecule has 0 unspecified atom stereocenters. The minimum atomic E-state index is -0.133. The predicted molar refractivity (Wildman–Crippen MR) is 285 cm³/mol. The third-order valence-corrected chi connectivity index (χ3v) is 16.6. The maximum absolute atomic E-state index is 7.83. The molecule has 0 radical (unpaired) electrons. The molecule has 5 aromatic carbocycles. The minimum absolute atomic E-state index is 0.0272. The van der Waals surface area contributed by atoms with E-state index in [2.05, 4.69) is 225 Å². The summed E-state index contributed by atoms with van der Waals surface area (Å²) >= 11 is 0. The molecule has 0 spiro atoms. The molecule has 66 heavy (non-hydrogen) atoms. The lowest BCUT2D eigenvalue weighted by Crippen LogP contribution is -2.61. The van der Waals surface area contributed by atoms with Crippen LogP contribution in [0.25, 0.3) is 11.1 Å². The van der Waals surface area contributed by atoms with Crippen molar-refractivity contribution in [3.8, 4) is 11.1 Å². The van der Waals surface area contributed by atoms with Crippen molar-refractivity contribution in [1.29, 1.82) is 0 Å². The summed E-state index contributed by atoms with van der Waals surface area (Å²) in [6.07, 6.45) is 4.50. The molecule has 4 heteroatoms. The van der Waals surface area contributed by atoms with E-state index >= 15 is 0 Å². The van der Waals surface area contributed by atoms with Crippen LogP contribution in [0, 0.1) is 0 Å². The van der Waals surface area contributed by atoms with Crippen molar-refractivity contribution in [1.82, 2.24) is 0 Å². The van der Waals surface area contributed by atoms with E-state index in [1.165, 1.54) is 89.6 Å². The molecular weight excluding hydrogens is 800 g/mol. The summed E-state index contributed by atoms with van der Waals surface area (Å²) in [5.41, 5.74) is 21.8. The van der Waals surface area contributed by atoms with Crippen LogP contribution in [0.4, 0.5) is 34.1 Å². The Hall–Kier alpha value is -4.96. The molecule has 1 aromatic heterocycles. The molecule has 0 N–H and O–H groups in total. The van der Waals surface area contributed by atoms with Crippen molar-refractivity contribution in [2.24, 2.45) is 0 Å². The fourth-order valence-electron chi connectivity index (χ4n) is 12.0. The van der Waals surface area contributed by atoms with Gasteiger partial charge in [0.25, 0.3) is 6.71 Å². The lowest BCUT2D eigenvalue weighted by Gasteiger charge is -2.47. The normalized spacial score (nSPS) is 18.8. The zero-order valence-electron chi connectivity index (χ0n) is 43.4. The average molecular weight is 875 g/mol. The molecule has 0 fully saturated rings. The summed E-state index contributed by atoms with van der Waals surface area (Å²) in [6.45, 7) is 40.7. The van der Waals surface area contributed by atoms with E-state index in [9.17, 15) is 0 Å². The lowest BCUT2D eigenvalue weighted by atomic mass is 9.34. The third-order valence-electron chi connectivity index (χ3n) is 16.6. The molecule has 10 rings (SSSR count). The largest absolute Gasteiger partial charge is 0.472 e. The molecule has 0 amide bonds. The number of nitrogens with zero attached hydrogens (tertiary/aromatic N) is 2. The van der Waals surface area contributed by atoms with Gasteiger partial charge in [0.1, 0.15) is 5.76 Å². The Morgan fingerprint density at radius 2 is 1.02 bits per heavy atom. The van der Waals surface area contributed by atoms with Crippen molar-refractivity contribution < 1.29 is 4.42 Å². The Morgan fingerprint density at radius 1 is 0.485 bits per heavy atom. The minimum Gasteiger partial charge on any atom is -0.472 e. The summed E-state index contributed by atoms with van der Waals surface area (Å²) in [6, 6.07) is 38.3. The van der Waals surface area contributed by atoms with Crippen LogP contribution in [0.1, 0.15) is 183 Å². The maximum Gasteiger partial charge on any atom is 0.297 e. The zero-order chi connectivity index (χ0) is 47.5. The van der Waals surface area contributed by atoms with Gasteiger partial charge in [-0.2, -0.15) is 0 Å². The molecule has 0 bridgehead atoms. The van der Waals surface area contributed by atoms with Crippen LogP contribution in [-0.2, 0) is 37.9 Å². The van der Waals surface area contributed by atoms with E-state index in [1.54, 1.807) is 0 Å². The second-order valence-corrected chi connectivity index (χ2v) is 26.4.